The van der Waals surface area contributed by atoms with Gasteiger partial charge >= 0.3 is 0 Å². The Morgan fingerprint density at radius 2 is 1.52 bits per heavy atom. The van der Waals surface area contributed by atoms with Crippen LogP contribution in [0.1, 0.15) is 69.8 Å². The quantitative estimate of drug-likeness (QED) is 0.741. The van der Waals surface area contributed by atoms with Crippen LogP contribution in [0.2, 0.25) is 0 Å². The zero-order valence-electron chi connectivity index (χ0n) is 16.1. The topological polar surface area (TPSA) is 27.3 Å². The highest BCUT2D eigenvalue weighted by molar-refractivity contribution is 7.80. The van der Waals surface area contributed by atoms with Gasteiger partial charge in [0.05, 0.1) is 0 Å². The summed E-state index contributed by atoms with van der Waals surface area (Å²) in [6.07, 6.45) is 12.7. The largest absolute Gasteiger partial charge is 0.360 e. The number of fused-ring (bicyclic) bond motifs is 2. The van der Waals surface area contributed by atoms with E-state index in [1.165, 1.54) is 56.9 Å². The van der Waals surface area contributed by atoms with Gasteiger partial charge in [0, 0.05) is 30.7 Å². The van der Waals surface area contributed by atoms with E-state index < -0.39 is 0 Å². The number of nitrogens with one attached hydrogen (secondary N) is 2. The Bertz CT molecular complexity index is 615. The predicted molar refractivity (Wildman–Crippen MR) is 112 cm³/mol. The molecule has 5 heteroatoms. The van der Waals surface area contributed by atoms with E-state index in [1.807, 2.05) is 12.1 Å². The van der Waals surface area contributed by atoms with Crippen LogP contribution in [0, 0.1) is 5.82 Å². The molecule has 2 saturated heterocycles. The first-order valence-electron chi connectivity index (χ1n) is 10.7. The van der Waals surface area contributed by atoms with Gasteiger partial charge in [-0.1, -0.05) is 37.8 Å². The third kappa shape index (κ3) is 5.00. The number of benzene rings is 1. The van der Waals surface area contributed by atoms with Gasteiger partial charge < -0.3 is 10.6 Å². The lowest BCUT2D eigenvalue weighted by Crippen LogP contribution is -2.58. The summed E-state index contributed by atoms with van der Waals surface area (Å²) in [4.78, 5) is 2.66. The highest BCUT2D eigenvalue weighted by atomic mass is 32.1. The molecule has 1 aromatic rings. The number of rotatable bonds is 4. The van der Waals surface area contributed by atoms with Crippen LogP contribution in [0.5, 0.6) is 0 Å². The van der Waals surface area contributed by atoms with Crippen molar-refractivity contribution >= 4 is 17.3 Å². The third-order valence-electron chi connectivity index (χ3n) is 6.68. The van der Waals surface area contributed by atoms with Crippen molar-refractivity contribution in [3.05, 3.63) is 35.6 Å². The smallest absolute Gasteiger partial charge is 0.166 e. The molecule has 3 aliphatic rings. The van der Waals surface area contributed by atoms with E-state index in [0.717, 1.165) is 24.5 Å². The van der Waals surface area contributed by atoms with Crippen molar-refractivity contribution in [2.45, 2.75) is 94.9 Å². The van der Waals surface area contributed by atoms with E-state index in [4.69, 9.17) is 12.2 Å². The first-order chi connectivity index (χ1) is 13.2. The summed E-state index contributed by atoms with van der Waals surface area (Å²) in [6, 6.07) is 9.28. The van der Waals surface area contributed by atoms with Gasteiger partial charge in [-0.15, -0.1) is 0 Å². The number of nitrogens with zero attached hydrogens (tertiary/aromatic N) is 1. The molecule has 3 nitrogen and oxygen atoms in total. The first-order valence-corrected chi connectivity index (χ1v) is 11.2. The molecular weight excluding hydrogens is 357 g/mol. The Balaban J connectivity index is 1.32. The number of halogens is 1. The molecule has 2 heterocycles. The van der Waals surface area contributed by atoms with E-state index in [1.54, 1.807) is 12.1 Å². The monoisotopic (exact) mass is 389 g/mol. The van der Waals surface area contributed by atoms with Crippen molar-refractivity contribution in [1.82, 2.24) is 15.5 Å². The summed E-state index contributed by atoms with van der Waals surface area (Å²) in [5, 5.41) is 8.05. The molecule has 1 aliphatic carbocycles. The Kier molecular flexibility index (Phi) is 6.28. The summed E-state index contributed by atoms with van der Waals surface area (Å²) in [5.41, 5.74) is 1.22. The molecule has 0 radical (unpaired) electrons. The van der Waals surface area contributed by atoms with Gasteiger partial charge in [0.1, 0.15) is 5.82 Å². The van der Waals surface area contributed by atoms with E-state index in [2.05, 4.69) is 15.5 Å². The molecule has 4 rings (SSSR count). The maximum Gasteiger partial charge on any atom is 0.166 e. The Hall–Kier alpha value is -1.20. The third-order valence-corrected chi connectivity index (χ3v) is 6.92. The molecule has 2 aliphatic heterocycles. The fraction of sp³-hybridized carbons (Fsp3) is 0.682. The minimum Gasteiger partial charge on any atom is -0.360 e. The molecule has 2 N–H and O–H groups in total. The first kappa shape index (κ1) is 19.1. The SMILES string of the molecule is Fc1ccc(CN2[C@@H]3CCC[C@@H]2CC(NC(=S)NC2CCCCC2)C3)cc1. The lowest BCUT2D eigenvalue weighted by molar-refractivity contribution is 0.0210. The fourth-order valence-corrected chi connectivity index (χ4v) is 5.65. The average molecular weight is 390 g/mol. The standard InChI is InChI=1S/C22H32FN3S/c23-17-11-9-16(10-12-17)15-26-20-7-4-8-21(26)14-19(13-20)25-22(27)24-18-5-2-1-3-6-18/h9-12,18-21H,1-8,13-15H2,(H2,24,25,27)/t20-,21-/m1/s1. The van der Waals surface area contributed by atoms with Gasteiger partial charge in [0.2, 0.25) is 0 Å². The summed E-state index contributed by atoms with van der Waals surface area (Å²) in [5.74, 6) is -0.152. The van der Waals surface area contributed by atoms with Crippen molar-refractivity contribution in [2.75, 3.05) is 0 Å². The van der Waals surface area contributed by atoms with Crippen molar-refractivity contribution in [3.8, 4) is 0 Å². The van der Waals surface area contributed by atoms with E-state index in [9.17, 15) is 4.39 Å². The normalized spacial score (nSPS) is 29.3. The van der Waals surface area contributed by atoms with Gasteiger partial charge in [-0.2, -0.15) is 0 Å². The van der Waals surface area contributed by atoms with Crippen molar-refractivity contribution < 1.29 is 4.39 Å². The molecular formula is C22H32FN3S. The lowest BCUT2D eigenvalue weighted by atomic mass is 9.81. The zero-order chi connectivity index (χ0) is 18.6. The second kappa shape index (κ2) is 8.87. The van der Waals surface area contributed by atoms with Gasteiger partial charge in [-0.05, 0) is 68.4 Å². The van der Waals surface area contributed by atoms with Crippen molar-refractivity contribution in [1.29, 1.82) is 0 Å². The number of piperidine rings is 2. The Morgan fingerprint density at radius 3 is 2.19 bits per heavy atom. The Morgan fingerprint density at radius 1 is 0.889 bits per heavy atom. The molecule has 1 saturated carbocycles. The summed E-state index contributed by atoms with van der Waals surface area (Å²) in [7, 11) is 0. The Labute approximate surface area is 168 Å². The van der Waals surface area contributed by atoms with Crippen LogP contribution in [0.15, 0.2) is 24.3 Å². The van der Waals surface area contributed by atoms with E-state index in [-0.39, 0.29) is 5.82 Å². The zero-order valence-corrected chi connectivity index (χ0v) is 16.9. The van der Waals surface area contributed by atoms with Crippen LogP contribution in [-0.4, -0.2) is 34.2 Å². The van der Waals surface area contributed by atoms with Crippen molar-refractivity contribution in [2.24, 2.45) is 0 Å². The van der Waals surface area contributed by atoms with Gasteiger partial charge in [0.15, 0.2) is 5.11 Å². The fourth-order valence-electron chi connectivity index (χ4n) is 5.31. The predicted octanol–water partition coefficient (Wildman–Crippen LogP) is 4.51. The molecule has 0 spiro atoms. The van der Waals surface area contributed by atoms with Crippen LogP contribution in [0.3, 0.4) is 0 Å². The van der Waals surface area contributed by atoms with Gasteiger partial charge in [-0.3, -0.25) is 4.90 Å². The van der Waals surface area contributed by atoms with E-state index >= 15 is 0 Å². The summed E-state index contributed by atoms with van der Waals surface area (Å²) >= 11 is 5.62. The molecule has 1 aromatic carbocycles. The highest BCUT2D eigenvalue weighted by Crippen LogP contribution is 2.35. The molecule has 2 atom stereocenters. The maximum absolute atomic E-state index is 13.2. The van der Waals surface area contributed by atoms with Gasteiger partial charge in [0.25, 0.3) is 0 Å². The van der Waals surface area contributed by atoms with Gasteiger partial charge in [-0.25, -0.2) is 4.39 Å². The molecule has 27 heavy (non-hydrogen) atoms. The minimum absolute atomic E-state index is 0.152. The summed E-state index contributed by atoms with van der Waals surface area (Å²) in [6.45, 7) is 0.938. The summed E-state index contributed by atoms with van der Waals surface area (Å²) < 4.78 is 13.2. The second-order valence-corrected chi connectivity index (χ2v) is 9.07. The molecule has 0 amide bonds. The molecule has 0 unspecified atom stereocenters. The van der Waals surface area contributed by atoms with Crippen LogP contribution in [0.25, 0.3) is 0 Å². The minimum atomic E-state index is -0.152. The lowest BCUT2D eigenvalue weighted by Gasteiger charge is -2.49. The molecule has 3 fully saturated rings. The number of thiocarbonyl (C=S) groups is 1. The van der Waals surface area contributed by atoms with Crippen molar-refractivity contribution in [3.63, 3.8) is 0 Å². The van der Waals surface area contributed by atoms with Crippen LogP contribution in [0.4, 0.5) is 4.39 Å². The molecule has 2 bridgehead atoms. The average Bonchev–Trinajstić information content (AvgIpc) is 2.65. The highest BCUT2D eigenvalue weighted by Gasteiger charge is 2.38. The second-order valence-electron chi connectivity index (χ2n) is 8.66. The number of hydrogen-bond acceptors (Lipinski definition) is 2. The van der Waals surface area contributed by atoms with Crippen LogP contribution < -0.4 is 10.6 Å². The molecule has 0 aromatic heterocycles. The van der Waals surface area contributed by atoms with E-state index in [0.29, 0.717) is 24.2 Å². The maximum atomic E-state index is 13.2. The number of hydrogen-bond donors (Lipinski definition) is 2. The molecule has 148 valence electrons. The van der Waals surface area contributed by atoms with Crippen LogP contribution in [-0.2, 0) is 6.54 Å². The van der Waals surface area contributed by atoms with Crippen LogP contribution >= 0.6 is 12.2 Å².